The monoisotopic (exact) mass is 538 g/mol. The van der Waals surface area contributed by atoms with Crippen LogP contribution in [0.1, 0.15) is 23.1 Å². The third-order valence-electron chi connectivity index (χ3n) is 7.11. The molecular weight excluding hydrogens is 508 g/mol. The molecule has 0 radical (unpaired) electrons. The number of nitrogens with zero attached hydrogens (tertiary/aromatic N) is 7. The summed E-state index contributed by atoms with van der Waals surface area (Å²) in [6, 6.07) is 12.1. The van der Waals surface area contributed by atoms with Crippen molar-refractivity contribution in [3.8, 4) is 0 Å². The SMILES string of the molecule is CCN(C)C/C=C/C(=O)N1CCc2c(sc3ncnc(Nc4ccc5c(cnn5Cc5ccccn5)c4)c23)C1. The van der Waals surface area contributed by atoms with Crippen LogP contribution < -0.4 is 5.32 Å². The molecule has 0 bridgehead atoms. The van der Waals surface area contributed by atoms with Crippen LogP contribution in [0.4, 0.5) is 11.5 Å². The van der Waals surface area contributed by atoms with E-state index < -0.39 is 0 Å². The number of benzene rings is 1. The predicted octanol–water partition coefficient (Wildman–Crippen LogP) is 4.62. The first-order valence-electron chi connectivity index (χ1n) is 13.1. The molecule has 1 aliphatic heterocycles. The van der Waals surface area contributed by atoms with Crippen molar-refractivity contribution in [3.05, 3.63) is 83.4 Å². The number of anilines is 2. The van der Waals surface area contributed by atoms with Gasteiger partial charge in [0, 0.05) is 41.3 Å². The Morgan fingerprint density at radius 3 is 2.97 bits per heavy atom. The summed E-state index contributed by atoms with van der Waals surface area (Å²) in [7, 11) is 2.04. The summed E-state index contributed by atoms with van der Waals surface area (Å²) in [5.41, 5.74) is 4.19. The van der Waals surface area contributed by atoms with Crippen LogP contribution in [-0.2, 0) is 24.3 Å². The van der Waals surface area contributed by atoms with Crippen LogP contribution in [-0.4, -0.2) is 67.1 Å². The molecule has 0 saturated heterocycles. The van der Waals surface area contributed by atoms with Gasteiger partial charge in [0.2, 0.25) is 5.91 Å². The van der Waals surface area contributed by atoms with Crippen molar-refractivity contribution in [2.24, 2.45) is 0 Å². The number of carbonyl (C=O) groups excluding carboxylic acids is 1. The second-order valence-corrected chi connectivity index (χ2v) is 10.8. The van der Waals surface area contributed by atoms with Crippen LogP contribution in [0.15, 0.2) is 67.3 Å². The normalized spacial score (nSPS) is 13.6. The van der Waals surface area contributed by atoms with Gasteiger partial charge >= 0.3 is 0 Å². The molecule has 1 aromatic carbocycles. The lowest BCUT2D eigenvalue weighted by Gasteiger charge is -2.26. The van der Waals surface area contributed by atoms with Gasteiger partial charge < -0.3 is 15.1 Å². The van der Waals surface area contributed by atoms with Gasteiger partial charge in [-0.15, -0.1) is 11.3 Å². The first-order chi connectivity index (χ1) is 19.1. The number of pyridine rings is 1. The minimum Gasteiger partial charge on any atom is -0.340 e. The summed E-state index contributed by atoms with van der Waals surface area (Å²) in [5.74, 6) is 0.851. The molecule has 0 unspecified atom stereocenters. The molecule has 5 aromatic rings. The average Bonchev–Trinajstić information content (AvgIpc) is 3.54. The molecule has 6 rings (SSSR count). The zero-order valence-electron chi connectivity index (χ0n) is 22.0. The summed E-state index contributed by atoms with van der Waals surface area (Å²) in [6.07, 6.45) is 9.71. The Morgan fingerprint density at radius 1 is 1.21 bits per heavy atom. The zero-order chi connectivity index (χ0) is 26.8. The summed E-state index contributed by atoms with van der Waals surface area (Å²) in [6.45, 7) is 5.73. The number of fused-ring (bicyclic) bond motifs is 4. The number of likely N-dealkylation sites (N-methyl/N-ethyl adjacent to an activating group) is 1. The fourth-order valence-corrected chi connectivity index (χ4v) is 6.05. The van der Waals surface area contributed by atoms with Gasteiger partial charge in [0.1, 0.15) is 17.0 Å². The number of hydrogen-bond donors (Lipinski definition) is 1. The second-order valence-electron chi connectivity index (χ2n) is 9.70. The van der Waals surface area contributed by atoms with E-state index in [2.05, 4.69) is 55.4 Å². The Morgan fingerprint density at radius 2 is 2.13 bits per heavy atom. The molecule has 0 aliphatic carbocycles. The highest BCUT2D eigenvalue weighted by Crippen LogP contribution is 2.38. The van der Waals surface area contributed by atoms with Crippen LogP contribution in [0.2, 0.25) is 0 Å². The van der Waals surface area contributed by atoms with Crippen LogP contribution >= 0.6 is 11.3 Å². The van der Waals surface area contributed by atoms with Crippen LogP contribution in [0.3, 0.4) is 0 Å². The Bertz CT molecular complexity index is 1660. The third kappa shape index (κ3) is 5.25. The van der Waals surface area contributed by atoms with E-state index in [-0.39, 0.29) is 5.91 Å². The van der Waals surface area contributed by atoms with Crippen molar-refractivity contribution in [2.45, 2.75) is 26.4 Å². The fraction of sp³-hybridized carbons (Fsp3) is 0.276. The first kappa shape index (κ1) is 25.1. The maximum absolute atomic E-state index is 12.8. The second kappa shape index (κ2) is 10.9. The Kier molecular flexibility index (Phi) is 7.04. The highest BCUT2D eigenvalue weighted by Gasteiger charge is 2.25. The van der Waals surface area contributed by atoms with Crippen LogP contribution in [0.25, 0.3) is 21.1 Å². The number of hydrogen-bond acceptors (Lipinski definition) is 8. The van der Waals surface area contributed by atoms with Crippen molar-refractivity contribution in [3.63, 3.8) is 0 Å². The lowest BCUT2D eigenvalue weighted by Crippen LogP contribution is -2.34. The minimum absolute atomic E-state index is 0.0592. The Hall–Kier alpha value is -4.15. The molecule has 1 N–H and O–H groups in total. The largest absolute Gasteiger partial charge is 0.340 e. The van der Waals surface area contributed by atoms with Gasteiger partial charge in [-0.3, -0.25) is 14.5 Å². The van der Waals surface area contributed by atoms with Crippen molar-refractivity contribution >= 4 is 49.9 Å². The van der Waals surface area contributed by atoms with Gasteiger partial charge in [-0.2, -0.15) is 5.10 Å². The minimum atomic E-state index is 0.0592. The Balaban J connectivity index is 1.21. The van der Waals surface area contributed by atoms with Gasteiger partial charge in [0.05, 0.1) is 35.9 Å². The quantitative estimate of drug-likeness (QED) is 0.288. The third-order valence-corrected chi connectivity index (χ3v) is 8.23. The molecule has 4 aromatic heterocycles. The van der Waals surface area contributed by atoms with E-state index in [1.165, 1.54) is 10.4 Å². The maximum Gasteiger partial charge on any atom is 0.246 e. The molecule has 9 nitrogen and oxygen atoms in total. The van der Waals surface area contributed by atoms with Crippen LogP contribution in [0, 0.1) is 0 Å². The topological polar surface area (TPSA) is 92.1 Å². The average molecular weight is 539 g/mol. The van der Waals surface area contributed by atoms with E-state index in [0.29, 0.717) is 19.6 Å². The molecule has 5 heterocycles. The van der Waals surface area contributed by atoms with Crippen molar-refractivity contribution in [2.75, 3.05) is 32.0 Å². The smallest absolute Gasteiger partial charge is 0.246 e. The molecule has 0 spiro atoms. The van der Waals surface area contributed by atoms with Gasteiger partial charge in [-0.25, -0.2) is 9.97 Å². The number of amides is 1. The van der Waals surface area contributed by atoms with Crippen molar-refractivity contribution < 1.29 is 4.79 Å². The summed E-state index contributed by atoms with van der Waals surface area (Å²) in [4.78, 5) is 32.6. The van der Waals surface area contributed by atoms with E-state index in [4.69, 9.17) is 0 Å². The fourth-order valence-electron chi connectivity index (χ4n) is 4.85. The summed E-state index contributed by atoms with van der Waals surface area (Å²) in [5, 5.41) is 10.2. The molecule has 0 fully saturated rings. The zero-order valence-corrected chi connectivity index (χ0v) is 22.9. The van der Waals surface area contributed by atoms with Gasteiger partial charge in [0.25, 0.3) is 0 Å². The van der Waals surface area contributed by atoms with Crippen LogP contribution in [0.5, 0.6) is 0 Å². The molecule has 10 heteroatoms. The van der Waals surface area contributed by atoms with Crippen molar-refractivity contribution in [1.29, 1.82) is 0 Å². The first-order valence-corrected chi connectivity index (χ1v) is 13.9. The molecule has 1 amide bonds. The highest BCUT2D eigenvalue weighted by atomic mass is 32.1. The molecule has 0 atom stereocenters. The molecule has 1 aliphatic rings. The Labute approximate surface area is 230 Å². The lowest BCUT2D eigenvalue weighted by atomic mass is 10.0. The molecule has 0 saturated carbocycles. The highest BCUT2D eigenvalue weighted by molar-refractivity contribution is 7.19. The van der Waals surface area contributed by atoms with Gasteiger partial charge in [-0.05, 0) is 55.9 Å². The molecular formula is C29H30N8OS. The van der Waals surface area contributed by atoms with E-state index in [1.807, 2.05) is 47.1 Å². The van der Waals surface area contributed by atoms with Crippen molar-refractivity contribution in [1.82, 2.24) is 34.5 Å². The number of nitrogens with one attached hydrogen (secondary N) is 1. The maximum atomic E-state index is 12.8. The van der Waals surface area contributed by atoms with E-state index in [0.717, 1.165) is 57.8 Å². The van der Waals surface area contributed by atoms with Gasteiger partial charge in [-0.1, -0.05) is 19.1 Å². The number of rotatable bonds is 8. The number of carbonyl (C=O) groups is 1. The summed E-state index contributed by atoms with van der Waals surface area (Å²) < 4.78 is 1.96. The molecule has 39 heavy (non-hydrogen) atoms. The van der Waals surface area contributed by atoms with E-state index in [1.54, 1.807) is 29.9 Å². The van der Waals surface area contributed by atoms with E-state index >= 15 is 0 Å². The number of thiophene rings is 1. The van der Waals surface area contributed by atoms with Gasteiger partial charge in [0.15, 0.2) is 0 Å². The van der Waals surface area contributed by atoms with E-state index in [9.17, 15) is 4.79 Å². The standard InChI is InChI=1S/C29H30N8OS/c1-3-35(2)13-6-8-26(38)36-14-11-23-25(18-36)39-29-27(23)28(31-19-32-29)34-21-9-10-24-20(15-21)16-33-37(24)17-22-7-4-5-12-30-22/h4-10,12,15-16,19H,3,11,13-14,17-18H2,1-2H3,(H,31,32,34)/b8-6+. The molecule has 198 valence electrons. The number of aromatic nitrogens is 5. The lowest BCUT2D eigenvalue weighted by molar-refractivity contribution is -0.126. The summed E-state index contributed by atoms with van der Waals surface area (Å²) >= 11 is 1.65. The predicted molar refractivity (Wildman–Crippen MR) is 155 cm³/mol.